The smallest absolute Gasteiger partial charge is 0.278 e. The number of carbonyl (C=O) groups is 3. The SMILES string of the molecule is O=C(NCC1CCCO1)c1ccc(CNC2=C(Cl)C(=O)N(C3CCCCC3)C2=O)cc1. The molecule has 0 bridgehead atoms. The Morgan fingerprint density at radius 3 is 2.45 bits per heavy atom. The van der Waals surface area contributed by atoms with Gasteiger partial charge < -0.3 is 15.4 Å². The van der Waals surface area contributed by atoms with E-state index < -0.39 is 5.91 Å². The van der Waals surface area contributed by atoms with Crippen molar-refractivity contribution in [3.63, 3.8) is 0 Å². The van der Waals surface area contributed by atoms with E-state index in [1.54, 1.807) is 12.1 Å². The van der Waals surface area contributed by atoms with Gasteiger partial charge in [-0.05, 0) is 43.4 Å². The lowest BCUT2D eigenvalue weighted by atomic mass is 9.94. The maximum atomic E-state index is 12.8. The summed E-state index contributed by atoms with van der Waals surface area (Å²) in [7, 11) is 0. The molecule has 3 aliphatic rings. The number of hydrogen-bond acceptors (Lipinski definition) is 5. The molecule has 8 heteroatoms. The summed E-state index contributed by atoms with van der Waals surface area (Å²) in [6, 6.07) is 7.07. The third-order valence-electron chi connectivity index (χ3n) is 6.20. The van der Waals surface area contributed by atoms with E-state index in [0.717, 1.165) is 57.1 Å². The van der Waals surface area contributed by atoms with E-state index in [9.17, 15) is 14.4 Å². The number of ether oxygens (including phenoxy) is 1. The number of benzene rings is 1. The fourth-order valence-electron chi connectivity index (χ4n) is 4.42. The lowest BCUT2D eigenvalue weighted by Crippen LogP contribution is -2.43. The molecule has 4 rings (SSSR count). The minimum absolute atomic E-state index is 0.0410. The molecule has 3 amide bonds. The zero-order chi connectivity index (χ0) is 21.8. The first-order valence-corrected chi connectivity index (χ1v) is 11.4. The fourth-order valence-corrected chi connectivity index (χ4v) is 4.66. The number of halogens is 1. The molecule has 1 unspecified atom stereocenters. The van der Waals surface area contributed by atoms with Crippen molar-refractivity contribution in [3.05, 3.63) is 46.1 Å². The topological polar surface area (TPSA) is 87.7 Å². The van der Waals surface area contributed by atoms with Crippen molar-refractivity contribution in [2.75, 3.05) is 13.2 Å². The standard InChI is InChI=1S/C23H28ClN3O4/c24-19-20(23(30)27(22(19)29)17-5-2-1-3-6-17)25-13-15-8-10-16(11-9-15)21(28)26-14-18-7-4-12-31-18/h8-11,17-18,25H,1-7,12-14H2,(H,26,28). The van der Waals surface area contributed by atoms with Crippen LogP contribution >= 0.6 is 11.6 Å². The van der Waals surface area contributed by atoms with Crippen molar-refractivity contribution in [1.82, 2.24) is 15.5 Å². The Kier molecular flexibility index (Phi) is 6.92. The third-order valence-corrected chi connectivity index (χ3v) is 6.55. The van der Waals surface area contributed by atoms with Crippen LogP contribution < -0.4 is 10.6 Å². The van der Waals surface area contributed by atoms with Gasteiger partial charge in [-0.2, -0.15) is 0 Å². The van der Waals surface area contributed by atoms with Gasteiger partial charge in [-0.3, -0.25) is 19.3 Å². The van der Waals surface area contributed by atoms with Crippen LogP contribution in [-0.2, 0) is 20.9 Å². The Morgan fingerprint density at radius 1 is 1.03 bits per heavy atom. The molecule has 1 aromatic carbocycles. The summed E-state index contributed by atoms with van der Waals surface area (Å²) in [6.45, 7) is 1.61. The summed E-state index contributed by atoms with van der Waals surface area (Å²) in [5, 5.41) is 5.88. The highest BCUT2D eigenvalue weighted by molar-refractivity contribution is 6.47. The average molecular weight is 446 g/mol. The number of nitrogens with zero attached hydrogens (tertiary/aromatic N) is 1. The Labute approximate surface area is 187 Å². The zero-order valence-corrected chi connectivity index (χ0v) is 18.2. The Hall–Kier alpha value is -2.38. The van der Waals surface area contributed by atoms with Crippen LogP contribution in [0.4, 0.5) is 0 Å². The summed E-state index contributed by atoms with van der Waals surface area (Å²) in [6.07, 6.45) is 6.98. The van der Waals surface area contributed by atoms with Crippen molar-refractivity contribution < 1.29 is 19.1 Å². The molecule has 1 aromatic rings. The summed E-state index contributed by atoms with van der Waals surface area (Å²) in [5.74, 6) is -0.883. The molecule has 31 heavy (non-hydrogen) atoms. The molecule has 1 saturated carbocycles. The van der Waals surface area contributed by atoms with Crippen molar-refractivity contribution in [1.29, 1.82) is 0 Å². The Bertz CT molecular complexity index is 871. The van der Waals surface area contributed by atoms with Crippen LogP contribution in [0.15, 0.2) is 35.0 Å². The minimum atomic E-state index is -0.403. The molecule has 2 N–H and O–H groups in total. The molecule has 2 aliphatic heterocycles. The molecule has 1 saturated heterocycles. The van der Waals surface area contributed by atoms with Crippen LogP contribution in [0.25, 0.3) is 0 Å². The summed E-state index contributed by atoms with van der Waals surface area (Å²) >= 11 is 6.20. The highest BCUT2D eigenvalue weighted by Gasteiger charge is 2.41. The van der Waals surface area contributed by atoms with Crippen molar-refractivity contribution in [2.24, 2.45) is 0 Å². The van der Waals surface area contributed by atoms with Crippen molar-refractivity contribution in [2.45, 2.75) is 63.6 Å². The first-order chi connectivity index (χ1) is 15.0. The number of hydrogen-bond donors (Lipinski definition) is 2. The average Bonchev–Trinajstić information content (AvgIpc) is 3.39. The van der Waals surface area contributed by atoms with Gasteiger partial charge in [0.15, 0.2) is 0 Å². The number of amides is 3. The normalized spacial score (nSPS) is 22.4. The summed E-state index contributed by atoms with van der Waals surface area (Å²) in [5.41, 5.74) is 1.61. The van der Waals surface area contributed by atoms with Crippen LogP contribution in [0, 0.1) is 0 Å². The van der Waals surface area contributed by atoms with Gasteiger partial charge in [0.2, 0.25) is 0 Å². The molecular weight excluding hydrogens is 418 g/mol. The number of carbonyl (C=O) groups excluding carboxylic acids is 3. The van der Waals surface area contributed by atoms with Crippen LogP contribution in [0.5, 0.6) is 0 Å². The molecule has 0 aromatic heterocycles. The Balaban J connectivity index is 1.31. The maximum absolute atomic E-state index is 12.8. The van der Waals surface area contributed by atoms with E-state index in [1.807, 2.05) is 12.1 Å². The zero-order valence-electron chi connectivity index (χ0n) is 17.5. The number of nitrogens with one attached hydrogen (secondary N) is 2. The number of imide groups is 1. The first-order valence-electron chi connectivity index (χ1n) is 11.0. The molecule has 0 radical (unpaired) electrons. The van der Waals surface area contributed by atoms with Crippen LogP contribution in [0.3, 0.4) is 0 Å². The molecule has 7 nitrogen and oxygen atoms in total. The Morgan fingerprint density at radius 2 is 1.77 bits per heavy atom. The highest BCUT2D eigenvalue weighted by Crippen LogP contribution is 2.30. The van der Waals surface area contributed by atoms with Crippen LogP contribution in [0.1, 0.15) is 60.9 Å². The van der Waals surface area contributed by atoms with Gasteiger partial charge >= 0.3 is 0 Å². The van der Waals surface area contributed by atoms with E-state index in [-0.39, 0.29) is 34.7 Å². The molecule has 2 fully saturated rings. The molecule has 2 heterocycles. The van der Waals surface area contributed by atoms with E-state index >= 15 is 0 Å². The van der Waals surface area contributed by atoms with E-state index in [0.29, 0.717) is 18.7 Å². The second-order valence-corrected chi connectivity index (χ2v) is 8.73. The van der Waals surface area contributed by atoms with Gasteiger partial charge in [-0.15, -0.1) is 0 Å². The van der Waals surface area contributed by atoms with Gasteiger partial charge in [0.05, 0.1) is 6.10 Å². The molecular formula is C23H28ClN3O4. The van der Waals surface area contributed by atoms with E-state index in [2.05, 4.69) is 10.6 Å². The van der Waals surface area contributed by atoms with Crippen LogP contribution in [0.2, 0.25) is 0 Å². The third kappa shape index (κ3) is 4.93. The highest BCUT2D eigenvalue weighted by atomic mass is 35.5. The lowest BCUT2D eigenvalue weighted by molar-refractivity contribution is -0.140. The maximum Gasteiger partial charge on any atom is 0.278 e. The van der Waals surface area contributed by atoms with Crippen molar-refractivity contribution >= 4 is 29.3 Å². The lowest BCUT2D eigenvalue weighted by Gasteiger charge is -2.29. The van der Waals surface area contributed by atoms with Crippen LogP contribution in [-0.4, -0.2) is 47.9 Å². The second-order valence-electron chi connectivity index (χ2n) is 8.36. The fraction of sp³-hybridized carbons (Fsp3) is 0.522. The monoisotopic (exact) mass is 445 g/mol. The summed E-state index contributed by atoms with van der Waals surface area (Å²) < 4.78 is 5.52. The van der Waals surface area contributed by atoms with Gasteiger partial charge in [0, 0.05) is 31.3 Å². The van der Waals surface area contributed by atoms with Crippen molar-refractivity contribution in [3.8, 4) is 0 Å². The second kappa shape index (κ2) is 9.83. The largest absolute Gasteiger partial charge is 0.376 e. The molecule has 0 spiro atoms. The van der Waals surface area contributed by atoms with Gasteiger partial charge in [0.1, 0.15) is 10.7 Å². The molecule has 166 valence electrons. The van der Waals surface area contributed by atoms with Gasteiger partial charge in [-0.25, -0.2) is 0 Å². The predicted molar refractivity (Wildman–Crippen MR) is 116 cm³/mol. The van der Waals surface area contributed by atoms with E-state index in [4.69, 9.17) is 16.3 Å². The quantitative estimate of drug-likeness (QED) is 0.630. The van der Waals surface area contributed by atoms with E-state index in [1.165, 1.54) is 4.90 Å². The van der Waals surface area contributed by atoms with Gasteiger partial charge in [-0.1, -0.05) is 43.0 Å². The molecule has 1 atom stereocenters. The number of rotatable bonds is 7. The minimum Gasteiger partial charge on any atom is -0.376 e. The predicted octanol–water partition coefficient (Wildman–Crippen LogP) is 2.84. The first kappa shape index (κ1) is 21.8. The molecule has 1 aliphatic carbocycles. The van der Waals surface area contributed by atoms with Gasteiger partial charge in [0.25, 0.3) is 17.7 Å². The summed E-state index contributed by atoms with van der Waals surface area (Å²) in [4.78, 5) is 39.0.